The molecule has 1 aromatic carbocycles. The smallest absolute Gasteiger partial charge is 0.248 e. The monoisotopic (exact) mass is 321 g/mol. The summed E-state index contributed by atoms with van der Waals surface area (Å²) in [6, 6.07) is 0.644. The molecule has 1 aromatic rings. The molecule has 1 saturated heterocycles. The first-order chi connectivity index (χ1) is 9.73. The number of hydrogen-bond acceptors (Lipinski definition) is 3. The largest absolute Gasteiger partial charge is 0.387 e. The van der Waals surface area contributed by atoms with Crippen molar-refractivity contribution in [3.63, 3.8) is 0 Å². The first-order valence-electron chi connectivity index (χ1n) is 6.22. The van der Waals surface area contributed by atoms with Crippen molar-refractivity contribution in [1.82, 2.24) is 4.31 Å². The van der Waals surface area contributed by atoms with Gasteiger partial charge in [-0.15, -0.1) is 0 Å². The SMILES string of the molecule is N=C(N)C1CCCN(S(=O)(=O)c2c(F)cc(F)cc2F)C1. The fraction of sp³-hybridized carbons (Fsp3) is 0.417. The molecule has 1 fully saturated rings. The molecule has 1 atom stereocenters. The van der Waals surface area contributed by atoms with Gasteiger partial charge in [-0.3, -0.25) is 5.41 Å². The third-order valence-electron chi connectivity index (χ3n) is 3.38. The summed E-state index contributed by atoms with van der Waals surface area (Å²) in [5.74, 6) is -4.80. The molecule has 9 heteroatoms. The van der Waals surface area contributed by atoms with Gasteiger partial charge in [0, 0.05) is 31.1 Å². The van der Waals surface area contributed by atoms with Gasteiger partial charge in [-0.25, -0.2) is 21.6 Å². The zero-order valence-electron chi connectivity index (χ0n) is 10.9. The van der Waals surface area contributed by atoms with Gasteiger partial charge >= 0.3 is 0 Å². The molecule has 0 spiro atoms. The van der Waals surface area contributed by atoms with E-state index in [0.717, 1.165) is 4.31 Å². The minimum atomic E-state index is -4.44. The number of amidine groups is 1. The summed E-state index contributed by atoms with van der Waals surface area (Å²) < 4.78 is 65.7. The van der Waals surface area contributed by atoms with E-state index in [0.29, 0.717) is 25.0 Å². The molecule has 2 rings (SSSR count). The predicted molar refractivity (Wildman–Crippen MR) is 69.7 cm³/mol. The van der Waals surface area contributed by atoms with Gasteiger partial charge in [-0.2, -0.15) is 4.31 Å². The van der Waals surface area contributed by atoms with Crippen molar-refractivity contribution in [2.75, 3.05) is 13.1 Å². The summed E-state index contributed by atoms with van der Waals surface area (Å²) in [6.45, 7) is -0.0453. The number of piperidine rings is 1. The van der Waals surface area contributed by atoms with Gasteiger partial charge in [0.25, 0.3) is 0 Å². The average molecular weight is 321 g/mol. The van der Waals surface area contributed by atoms with Crippen molar-refractivity contribution in [2.45, 2.75) is 17.7 Å². The summed E-state index contributed by atoms with van der Waals surface area (Å²) in [6.07, 6.45) is 0.962. The maximum absolute atomic E-state index is 13.7. The Kier molecular flexibility index (Phi) is 4.24. The van der Waals surface area contributed by atoms with Crippen molar-refractivity contribution in [1.29, 1.82) is 5.41 Å². The number of hydrogen-bond donors (Lipinski definition) is 2. The van der Waals surface area contributed by atoms with Crippen LogP contribution in [-0.2, 0) is 10.0 Å². The maximum Gasteiger partial charge on any atom is 0.248 e. The second-order valence-electron chi connectivity index (χ2n) is 4.86. The fourth-order valence-corrected chi connectivity index (χ4v) is 3.93. The third kappa shape index (κ3) is 3.03. The molecule has 0 aliphatic carbocycles. The highest BCUT2D eigenvalue weighted by atomic mass is 32.2. The fourth-order valence-electron chi connectivity index (χ4n) is 2.32. The molecule has 5 nitrogen and oxygen atoms in total. The highest BCUT2D eigenvalue weighted by Gasteiger charge is 2.35. The number of nitrogens with zero attached hydrogens (tertiary/aromatic N) is 1. The zero-order chi connectivity index (χ0) is 15.8. The standard InChI is InChI=1S/C12H14F3N3O2S/c13-8-4-9(14)11(10(15)5-8)21(19,20)18-3-1-2-7(6-18)12(16)17/h4-5,7H,1-3,6H2,(H3,16,17). The lowest BCUT2D eigenvalue weighted by Crippen LogP contribution is -2.44. The van der Waals surface area contributed by atoms with E-state index in [4.69, 9.17) is 11.1 Å². The number of nitrogens with two attached hydrogens (primary N) is 1. The van der Waals surface area contributed by atoms with E-state index in [9.17, 15) is 21.6 Å². The Balaban J connectivity index is 2.41. The van der Waals surface area contributed by atoms with Crippen LogP contribution in [0.25, 0.3) is 0 Å². The minimum absolute atomic E-state index is 0.0718. The zero-order valence-corrected chi connectivity index (χ0v) is 11.8. The van der Waals surface area contributed by atoms with Crippen molar-refractivity contribution in [2.24, 2.45) is 11.7 Å². The number of halogens is 3. The van der Waals surface area contributed by atoms with E-state index >= 15 is 0 Å². The van der Waals surface area contributed by atoms with E-state index in [1.807, 2.05) is 0 Å². The van der Waals surface area contributed by atoms with Gasteiger partial charge in [0.1, 0.15) is 17.5 Å². The van der Waals surface area contributed by atoms with Crippen LogP contribution in [0.1, 0.15) is 12.8 Å². The van der Waals surface area contributed by atoms with Crippen LogP contribution < -0.4 is 5.73 Å². The molecular weight excluding hydrogens is 307 g/mol. The Morgan fingerprint density at radius 1 is 1.29 bits per heavy atom. The lowest BCUT2D eigenvalue weighted by Gasteiger charge is -2.31. The molecule has 3 N–H and O–H groups in total. The lowest BCUT2D eigenvalue weighted by atomic mass is 9.99. The van der Waals surface area contributed by atoms with Crippen LogP contribution in [0.3, 0.4) is 0 Å². The van der Waals surface area contributed by atoms with Crippen LogP contribution in [0, 0.1) is 28.8 Å². The molecule has 0 radical (unpaired) electrons. The van der Waals surface area contributed by atoms with Crippen LogP contribution in [0.2, 0.25) is 0 Å². The van der Waals surface area contributed by atoms with E-state index < -0.39 is 38.3 Å². The second kappa shape index (κ2) is 5.64. The Morgan fingerprint density at radius 2 is 1.86 bits per heavy atom. The van der Waals surface area contributed by atoms with Crippen LogP contribution >= 0.6 is 0 Å². The summed E-state index contributed by atoms with van der Waals surface area (Å²) in [4.78, 5) is -1.17. The van der Waals surface area contributed by atoms with Crippen molar-refractivity contribution in [3.05, 3.63) is 29.6 Å². The average Bonchev–Trinajstić information content (AvgIpc) is 2.37. The Bertz CT molecular complexity index is 655. The topological polar surface area (TPSA) is 87.2 Å². The quantitative estimate of drug-likeness (QED) is 0.652. The van der Waals surface area contributed by atoms with Crippen LogP contribution in [0.4, 0.5) is 13.2 Å². The Hall–Kier alpha value is -1.61. The Morgan fingerprint density at radius 3 is 2.38 bits per heavy atom. The molecule has 1 unspecified atom stereocenters. The van der Waals surface area contributed by atoms with Crippen LogP contribution in [-0.4, -0.2) is 31.6 Å². The van der Waals surface area contributed by atoms with E-state index in [1.165, 1.54) is 0 Å². The van der Waals surface area contributed by atoms with Crippen molar-refractivity contribution < 1.29 is 21.6 Å². The van der Waals surface area contributed by atoms with Crippen LogP contribution in [0.15, 0.2) is 17.0 Å². The van der Waals surface area contributed by atoms with Gasteiger partial charge in [0.05, 0.1) is 5.84 Å². The van der Waals surface area contributed by atoms with E-state index in [-0.39, 0.29) is 18.9 Å². The predicted octanol–water partition coefficient (Wildman–Crippen LogP) is 1.44. The highest BCUT2D eigenvalue weighted by Crippen LogP contribution is 2.27. The van der Waals surface area contributed by atoms with Gasteiger partial charge in [0.2, 0.25) is 10.0 Å². The summed E-state index contributed by atoms with van der Waals surface area (Å²) in [5, 5.41) is 7.36. The maximum atomic E-state index is 13.7. The molecule has 21 heavy (non-hydrogen) atoms. The van der Waals surface area contributed by atoms with Crippen molar-refractivity contribution >= 4 is 15.9 Å². The van der Waals surface area contributed by atoms with Gasteiger partial charge in [-0.05, 0) is 12.8 Å². The first-order valence-corrected chi connectivity index (χ1v) is 7.66. The molecule has 0 amide bonds. The first kappa shape index (κ1) is 15.8. The number of nitrogens with one attached hydrogen (secondary N) is 1. The molecule has 1 aliphatic rings. The number of benzene rings is 1. The Labute approximate surface area is 120 Å². The molecule has 1 heterocycles. The summed E-state index contributed by atoms with van der Waals surface area (Å²) in [5.41, 5.74) is 5.36. The molecule has 0 bridgehead atoms. The minimum Gasteiger partial charge on any atom is -0.387 e. The lowest BCUT2D eigenvalue weighted by molar-refractivity contribution is 0.307. The molecule has 1 aliphatic heterocycles. The van der Waals surface area contributed by atoms with Gasteiger partial charge < -0.3 is 5.73 Å². The molecule has 0 saturated carbocycles. The highest BCUT2D eigenvalue weighted by molar-refractivity contribution is 7.89. The van der Waals surface area contributed by atoms with Crippen LogP contribution in [0.5, 0.6) is 0 Å². The van der Waals surface area contributed by atoms with E-state index in [1.54, 1.807) is 0 Å². The normalized spacial score (nSPS) is 20.4. The molecule has 116 valence electrons. The van der Waals surface area contributed by atoms with Gasteiger partial charge in [0.15, 0.2) is 4.90 Å². The number of rotatable bonds is 3. The second-order valence-corrected chi connectivity index (χ2v) is 6.73. The third-order valence-corrected chi connectivity index (χ3v) is 5.30. The van der Waals surface area contributed by atoms with E-state index in [2.05, 4.69) is 0 Å². The molecule has 0 aromatic heterocycles. The van der Waals surface area contributed by atoms with Crippen molar-refractivity contribution in [3.8, 4) is 0 Å². The molecular formula is C12H14F3N3O2S. The summed E-state index contributed by atoms with van der Waals surface area (Å²) >= 11 is 0. The summed E-state index contributed by atoms with van der Waals surface area (Å²) in [7, 11) is -4.44. The number of sulfonamides is 1. The van der Waals surface area contributed by atoms with Gasteiger partial charge in [-0.1, -0.05) is 0 Å².